The molecule has 9 heteroatoms. The predicted molar refractivity (Wildman–Crippen MR) is 106 cm³/mol. The van der Waals surface area contributed by atoms with Gasteiger partial charge in [-0.05, 0) is 44.8 Å². The average Bonchev–Trinajstić information content (AvgIpc) is 3.29. The van der Waals surface area contributed by atoms with Crippen LogP contribution in [0, 0.1) is 0 Å². The zero-order valence-electron chi connectivity index (χ0n) is 16.2. The van der Waals surface area contributed by atoms with Gasteiger partial charge in [-0.15, -0.1) is 12.4 Å². The van der Waals surface area contributed by atoms with Crippen LogP contribution in [-0.4, -0.2) is 75.9 Å². The van der Waals surface area contributed by atoms with Crippen molar-refractivity contribution in [2.45, 2.75) is 56.7 Å². The molecule has 3 aliphatic rings. The van der Waals surface area contributed by atoms with Gasteiger partial charge in [-0.25, -0.2) is 4.79 Å². The first-order chi connectivity index (χ1) is 13.2. The van der Waals surface area contributed by atoms with Crippen LogP contribution in [0.2, 0.25) is 0 Å². The van der Waals surface area contributed by atoms with Gasteiger partial charge in [-0.2, -0.15) is 5.10 Å². The first-order valence-electron chi connectivity index (χ1n) is 10.1. The number of aromatic nitrogens is 2. The molecule has 1 unspecified atom stereocenters. The van der Waals surface area contributed by atoms with Gasteiger partial charge >= 0.3 is 6.09 Å². The summed E-state index contributed by atoms with van der Waals surface area (Å²) in [5.74, 6) is 0.0445. The molecule has 0 aromatic carbocycles. The van der Waals surface area contributed by atoms with E-state index in [9.17, 15) is 9.59 Å². The fourth-order valence-electron chi connectivity index (χ4n) is 4.55. The molecule has 1 atom stereocenters. The third-order valence-electron chi connectivity index (χ3n) is 6.08. The monoisotopic (exact) mass is 411 g/mol. The molecule has 3 saturated heterocycles. The second-order valence-electron chi connectivity index (χ2n) is 7.95. The fourth-order valence-corrected chi connectivity index (χ4v) is 4.55. The SMILES string of the molecule is Cl.O=C1OC2(CCNCC2)CN1CC(=O)N1CCCCC1CCn1cccn1. The molecule has 0 saturated carbocycles. The second kappa shape index (κ2) is 9.13. The zero-order chi connectivity index (χ0) is 18.7. The molecule has 3 fully saturated rings. The van der Waals surface area contributed by atoms with E-state index in [-0.39, 0.29) is 37.0 Å². The summed E-state index contributed by atoms with van der Waals surface area (Å²) in [6.07, 6.45) is 9.13. The molecule has 0 bridgehead atoms. The van der Waals surface area contributed by atoms with Crippen molar-refractivity contribution < 1.29 is 14.3 Å². The Bertz CT molecular complexity index is 663. The van der Waals surface area contributed by atoms with Gasteiger partial charge in [-0.3, -0.25) is 14.4 Å². The summed E-state index contributed by atoms with van der Waals surface area (Å²) >= 11 is 0. The maximum Gasteiger partial charge on any atom is 0.410 e. The van der Waals surface area contributed by atoms with Gasteiger partial charge < -0.3 is 15.0 Å². The van der Waals surface area contributed by atoms with E-state index in [4.69, 9.17) is 4.74 Å². The van der Waals surface area contributed by atoms with Crippen molar-refractivity contribution in [3.8, 4) is 0 Å². The summed E-state index contributed by atoms with van der Waals surface area (Å²) in [6, 6.07) is 2.14. The number of carbonyl (C=O) groups is 2. The summed E-state index contributed by atoms with van der Waals surface area (Å²) in [5, 5.41) is 7.55. The van der Waals surface area contributed by atoms with Crippen LogP contribution in [0.1, 0.15) is 38.5 Å². The van der Waals surface area contributed by atoms with Crippen LogP contribution in [0.5, 0.6) is 0 Å². The van der Waals surface area contributed by atoms with Gasteiger partial charge in [0.25, 0.3) is 0 Å². The lowest BCUT2D eigenvalue weighted by Crippen LogP contribution is -2.49. The normalized spacial score (nSPS) is 24.1. The summed E-state index contributed by atoms with van der Waals surface area (Å²) < 4.78 is 7.59. The van der Waals surface area contributed by atoms with Crippen molar-refractivity contribution >= 4 is 24.4 Å². The summed E-state index contributed by atoms with van der Waals surface area (Å²) in [4.78, 5) is 28.9. The van der Waals surface area contributed by atoms with Gasteiger partial charge in [0.1, 0.15) is 12.1 Å². The highest BCUT2D eigenvalue weighted by Gasteiger charge is 2.46. The minimum Gasteiger partial charge on any atom is -0.441 e. The number of rotatable bonds is 5. The average molecular weight is 412 g/mol. The Labute approximate surface area is 172 Å². The maximum atomic E-state index is 13.0. The topological polar surface area (TPSA) is 79.7 Å². The third kappa shape index (κ3) is 4.60. The molecule has 1 N–H and O–H groups in total. The highest BCUT2D eigenvalue weighted by molar-refractivity contribution is 5.85. The number of amides is 2. The molecule has 1 spiro atoms. The smallest absolute Gasteiger partial charge is 0.410 e. The highest BCUT2D eigenvalue weighted by Crippen LogP contribution is 2.31. The highest BCUT2D eigenvalue weighted by atomic mass is 35.5. The van der Waals surface area contributed by atoms with Crippen molar-refractivity contribution in [3.63, 3.8) is 0 Å². The molecule has 1 aromatic heterocycles. The molecule has 4 rings (SSSR count). The Balaban J connectivity index is 0.00000225. The lowest BCUT2D eigenvalue weighted by Gasteiger charge is -2.36. The van der Waals surface area contributed by atoms with Crippen molar-refractivity contribution in [2.75, 3.05) is 32.7 Å². The number of halogens is 1. The molecular weight excluding hydrogens is 382 g/mol. The zero-order valence-corrected chi connectivity index (χ0v) is 17.0. The number of aryl methyl sites for hydroxylation is 1. The van der Waals surface area contributed by atoms with E-state index in [1.165, 1.54) is 0 Å². The first kappa shape index (κ1) is 20.9. The van der Waals surface area contributed by atoms with E-state index in [2.05, 4.69) is 10.4 Å². The van der Waals surface area contributed by atoms with Gasteiger partial charge in [0, 0.05) is 44.4 Å². The molecule has 3 aliphatic heterocycles. The minimum absolute atomic E-state index is 0. The number of ether oxygens (including phenoxy) is 1. The molecular formula is C19H30ClN5O3. The van der Waals surface area contributed by atoms with Gasteiger partial charge in [0.05, 0.1) is 6.54 Å². The van der Waals surface area contributed by atoms with Crippen molar-refractivity contribution in [2.24, 2.45) is 0 Å². The number of likely N-dealkylation sites (tertiary alicyclic amines) is 1. The van der Waals surface area contributed by atoms with E-state index in [1.807, 2.05) is 21.8 Å². The van der Waals surface area contributed by atoms with Crippen LogP contribution >= 0.6 is 12.4 Å². The molecule has 4 heterocycles. The molecule has 0 radical (unpaired) electrons. The van der Waals surface area contributed by atoms with Crippen LogP contribution in [0.15, 0.2) is 18.5 Å². The fraction of sp³-hybridized carbons (Fsp3) is 0.737. The number of carbonyl (C=O) groups excluding carboxylic acids is 2. The maximum absolute atomic E-state index is 13.0. The summed E-state index contributed by atoms with van der Waals surface area (Å²) in [6.45, 7) is 3.97. The molecule has 2 amide bonds. The Kier molecular flexibility index (Phi) is 6.82. The number of piperidine rings is 2. The van der Waals surface area contributed by atoms with Gasteiger partial charge in [-0.1, -0.05) is 0 Å². The molecule has 156 valence electrons. The lowest BCUT2D eigenvalue weighted by atomic mass is 9.92. The minimum atomic E-state index is -0.399. The first-order valence-corrected chi connectivity index (χ1v) is 10.1. The Morgan fingerprint density at radius 2 is 2.14 bits per heavy atom. The molecule has 1 aromatic rings. The lowest BCUT2D eigenvalue weighted by molar-refractivity contribution is -0.135. The number of hydrogen-bond acceptors (Lipinski definition) is 5. The number of hydrogen-bond donors (Lipinski definition) is 1. The predicted octanol–water partition coefficient (Wildman–Crippen LogP) is 1.65. The van der Waals surface area contributed by atoms with Crippen LogP contribution in [0.4, 0.5) is 4.79 Å². The van der Waals surface area contributed by atoms with Crippen molar-refractivity contribution in [1.29, 1.82) is 0 Å². The van der Waals surface area contributed by atoms with E-state index in [0.717, 1.165) is 64.7 Å². The largest absolute Gasteiger partial charge is 0.441 e. The number of nitrogens with zero attached hydrogens (tertiary/aromatic N) is 4. The van der Waals surface area contributed by atoms with E-state index < -0.39 is 5.60 Å². The summed E-state index contributed by atoms with van der Waals surface area (Å²) in [5.41, 5.74) is -0.399. The molecule has 0 aliphatic carbocycles. The Hall–Kier alpha value is -1.80. The Morgan fingerprint density at radius 3 is 2.89 bits per heavy atom. The number of nitrogens with one attached hydrogen (secondary N) is 1. The molecule has 8 nitrogen and oxygen atoms in total. The van der Waals surface area contributed by atoms with Crippen LogP contribution < -0.4 is 5.32 Å². The van der Waals surface area contributed by atoms with Crippen LogP contribution in [0.3, 0.4) is 0 Å². The van der Waals surface area contributed by atoms with Crippen molar-refractivity contribution in [1.82, 2.24) is 24.9 Å². The van der Waals surface area contributed by atoms with E-state index in [0.29, 0.717) is 6.54 Å². The summed E-state index contributed by atoms with van der Waals surface area (Å²) in [7, 11) is 0. The van der Waals surface area contributed by atoms with Crippen LogP contribution in [-0.2, 0) is 16.1 Å². The van der Waals surface area contributed by atoms with E-state index >= 15 is 0 Å². The van der Waals surface area contributed by atoms with Crippen molar-refractivity contribution in [3.05, 3.63) is 18.5 Å². The third-order valence-corrected chi connectivity index (χ3v) is 6.08. The Morgan fingerprint density at radius 1 is 1.32 bits per heavy atom. The van der Waals surface area contributed by atoms with E-state index in [1.54, 1.807) is 11.1 Å². The second-order valence-corrected chi connectivity index (χ2v) is 7.95. The molecule has 28 heavy (non-hydrogen) atoms. The van der Waals surface area contributed by atoms with Crippen LogP contribution in [0.25, 0.3) is 0 Å². The quantitative estimate of drug-likeness (QED) is 0.796. The standard InChI is InChI=1S/C19H29N5O3.ClH/c25-17(14-22-15-19(27-18(22)26)6-9-20-10-7-19)24-12-2-1-4-16(24)5-13-23-11-3-8-21-23;/h3,8,11,16,20H,1-2,4-7,9-10,12-15H2;1H. The van der Waals surface area contributed by atoms with Gasteiger partial charge in [0.15, 0.2) is 0 Å². The van der Waals surface area contributed by atoms with Gasteiger partial charge in [0.2, 0.25) is 5.91 Å².